The molecule has 0 spiro atoms. The van der Waals surface area contributed by atoms with Crippen molar-refractivity contribution in [2.24, 2.45) is 11.3 Å². The van der Waals surface area contributed by atoms with Gasteiger partial charge in [-0.25, -0.2) is 4.39 Å². The van der Waals surface area contributed by atoms with Crippen molar-refractivity contribution < 1.29 is 19.0 Å². The highest BCUT2D eigenvalue weighted by atomic mass is 19.1. The minimum Gasteiger partial charge on any atom is -0.490 e. The molecule has 0 radical (unpaired) electrons. The third-order valence-corrected chi connectivity index (χ3v) is 4.93. The monoisotopic (exact) mass is 292 g/mol. The van der Waals surface area contributed by atoms with Gasteiger partial charge in [-0.05, 0) is 37.0 Å². The molecule has 3 atom stereocenters. The van der Waals surface area contributed by atoms with E-state index in [1.165, 1.54) is 12.1 Å². The van der Waals surface area contributed by atoms with Gasteiger partial charge in [-0.15, -0.1) is 0 Å². The molecule has 1 heterocycles. The summed E-state index contributed by atoms with van der Waals surface area (Å²) in [7, 11) is 0. The van der Waals surface area contributed by atoms with Gasteiger partial charge in [0.15, 0.2) is 0 Å². The zero-order chi connectivity index (χ0) is 15.0. The molecule has 3 unspecified atom stereocenters. The van der Waals surface area contributed by atoms with Crippen molar-refractivity contribution >= 4 is 5.97 Å². The number of rotatable bonds is 3. The van der Waals surface area contributed by atoms with E-state index in [-0.39, 0.29) is 11.9 Å². The lowest BCUT2D eigenvalue weighted by Gasteiger charge is -2.37. The number of hydrogen-bond acceptors (Lipinski definition) is 2. The van der Waals surface area contributed by atoms with Gasteiger partial charge in [-0.2, -0.15) is 0 Å². The first-order valence-corrected chi connectivity index (χ1v) is 7.67. The number of ether oxygens (including phenoxy) is 1. The number of carboxylic acid groups (broad SMARTS) is 1. The van der Waals surface area contributed by atoms with Gasteiger partial charge in [-0.1, -0.05) is 19.8 Å². The Kier molecular flexibility index (Phi) is 3.64. The first-order valence-electron chi connectivity index (χ1n) is 7.67. The molecule has 21 heavy (non-hydrogen) atoms. The third-order valence-electron chi connectivity index (χ3n) is 4.93. The van der Waals surface area contributed by atoms with Crippen LogP contribution in [0.2, 0.25) is 0 Å². The van der Waals surface area contributed by atoms with E-state index in [0.717, 1.165) is 24.8 Å². The van der Waals surface area contributed by atoms with Crippen LogP contribution in [0.15, 0.2) is 18.2 Å². The van der Waals surface area contributed by atoms with Crippen molar-refractivity contribution in [3.05, 3.63) is 29.6 Å². The zero-order valence-electron chi connectivity index (χ0n) is 12.3. The number of carboxylic acids is 1. The van der Waals surface area contributed by atoms with Crippen molar-refractivity contribution in [2.75, 3.05) is 0 Å². The highest BCUT2D eigenvalue weighted by Gasteiger charge is 2.45. The van der Waals surface area contributed by atoms with E-state index in [4.69, 9.17) is 4.74 Å². The van der Waals surface area contributed by atoms with Crippen LogP contribution in [0.4, 0.5) is 4.39 Å². The number of hydrogen-bond donors (Lipinski definition) is 1. The summed E-state index contributed by atoms with van der Waals surface area (Å²) in [5.41, 5.74) is 0.174. The lowest BCUT2D eigenvalue weighted by Crippen LogP contribution is -2.40. The molecular weight excluding hydrogens is 271 g/mol. The summed E-state index contributed by atoms with van der Waals surface area (Å²) in [4.78, 5) is 11.8. The summed E-state index contributed by atoms with van der Waals surface area (Å²) in [5.74, 6) is 0.166. The van der Waals surface area contributed by atoms with Gasteiger partial charge in [0.25, 0.3) is 0 Å². The number of aliphatic carboxylic acids is 1. The van der Waals surface area contributed by atoms with Gasteiger partial charge in [0.1, 0.15) is 17.7 Å². The highest BCUT2D eigenvalue weighted by Crippen LogP contribution is 2.45. The molecule has 1 aromatic carbocycles. The molecule has 1 saturated carbocycles. The van der Waals surface area contributed by atoms with Crippen LogP contribution in [0.1, 0.15) is 44.6 Å². The minimum atomic E-state index is -0.709. The van der Waals surface area contributed by atoms with Crippen LogP contribution in [-0.2, 0) is 11.2 Å². The van der Waals surface area contributed by atoms with Crippen molar-refractivity contribution in [2.45, 2.75) is 51.6 Å². The maximum atomic E-state index is 13.3. The largest absolute Gasteiger partial charge is 0.490 e. The number of benzene rings is 1. The summed E-state index contributed by atoms with van der Waals surface area (Å²) >= 11 is 0. The Morgan fingerprint density at radius 2 is 2.33 bits per heavy atom. The SMILES string of the molecule is CC1CCCC(CC2Cc3cc(F)ccc3O2)(C(=O)O)C1. The number of halogens is 1. The second-order valence-corrected chi connectivity index (χ2v) is 6.69. The van der Waals surface area contributed by atoms with Crippen molar-refractivity contribution in [1.29, 1.82) is 0 Å². The Morgan fingerprint density at radius 1 is 1.52 bits per heavy atom. The molecule has 0 saturated heterocycles. The topological polar surface area (TPSA) is 46.5 Å². The van der Waals surface area contributed by atoms with Crippen LogP contribution in [0.3, 0.4) is 0 Å². The van der Waals surface area contributed by atoms with Gasteiger partial charge in [0.05, 0.1) is 5.41 Å². The van der Waals surface area contributed by atoms with Crippen LogP contribution in [0, 0.1) is 17.2 Å². The molecule has 0 aromatic heterocycles. The zero-order valence-corrected chi connectivity index (χ0v) is 12.3. The summed E-state index contributed by atoms with van der Waals surface area (Å²) in [6.45, 7) is 2.12. The fraction of sp³-hybridized carbons (Fsp3) is 0.588. The average molecular weight is 292 g/mol. The molecule has 1 aliphatic heterocycles. The van der Waals surface area contributed by atoms with Gasteiger partial charge >= 0.3 is 5.97 Å². The van der Waals surface area contributed by atoms with Crippen LogP contribution in [0.25, 0.3) is 0 Å². The Morgan fingerprint density at radius 3 is 3.05 bits per heavy atom. The lowest BCUT2D eigenvalue weighted by molar-refractivity contribution is -0.154. The first kappa shape index (κ1) is 14.4. The molecule has 3 nitrogen and oxygen atoms in total. The minimum absolute atomic E-state index is 0.150. The Bertz CT molecular complexity index is 557. The molecule has 114 valence electrons. The molecule has 1 aromatic rings. The van der Waals surface area contributed by atoms with Gasteiger partial charge in [-0.3, -0.25) is 4.79 Å². The molecule has 3 rings (SSSR count). The Labute approximate surface area is 124 Å². The fourth-order valence-electron chi connectivity index (χ4n) is 3.97. The average Bonchev–Trinajstić information content (AvgIpc) is 2.79. The van der Waals surface area contributed by atoms with Crippen LogP contribution < -0.4 is 4.74 Å². The van der Waals surface area contributed by atoms with Gasteiger partial charge in [0.2, 0.25) is 0 Å². The Hall–Kier alpha value is -1.58. The van der Waals surface area contributed by atoms with E-state index in [0.29, 0.717) is 30.9 Å². The van der Waals surface area contributed by atoms with Crippen molar-refractivity contribution in [3.8, 4) is 5.75 Å². The van der Waals surface area contributed by atoms with Crippen LogP contribution in [0.5, 0.6) is 5.75 Å². The Balaban J connectivity index is 1.75. The maximum absolute atomic E-state index is 13.3. The summed E-state index contributed by atoms with van der Waals surface area (Å²) < 4.78 is 19.1. The second kappa shape index (κ2) is 5.32. The van der Waals surface area contributed by atoms with E-state index >= 15 is 0 Å². The standard InChI is InChI=1S/C17H21FO3/c1-11-3-2-6-17(9-11,16(19)20)10-14-8-12-7-13(18)4-5-15(12)21-14/h4-5,7,11,14H,2-3,6,8-10H2,1H3,(H,19,20). The predicted molar refractivity (Wildman–Crippen MR) is 76.8 cm³/mol. The van der Waals surface area contributed by atoms with Crippen molar-refractivity contribution in [3.63, 3.8) is 0 Å². The van der Waals surface area contributed by atoms with E-state index in [2.05, 4.69) is 6.92 Å². The second-order valence-electron chi connectivity index (χ2n) is 6.69. The summed E-state index contributed by atoms with van der Waals surface area (Å²) in [6, 6.07) is 4.52. The lowest BCUT2D eigenvalue weighted by atomic mass is 9.67. The van der Waals surface area contributed by atoms with Crippen molar-refractivity contribution in [1.82, 2.24) is 0 Å². The van der Waals surface area contributed by atoms with E-state index in [9.17, 15) is 14.3 Å². The smallest absolute Gasteiger partial charge is 0.309 e. The summed E-state index contributed by atoms with van der Waals surface area (Å²) in [6.07, 6.45) is 4.47. The fourth-order valence-corrected chi connectivity index (χ4v) is 3.97. The van der Waals surface area contributed by atoms with E-state index in [1.807, 2.05) is 0 Å². The first-order chi connectivity index (χ1) is 9.98. The molecule has 1 aliphatic carbocycles. The molecule has 4 heteroatoms. The van der Waals surface area contributed by atoms with E-state index < -0.39 is 11.4 Å². The van der Waals surface area contributed by atoms with Gasteiger partial charge < -0.3 is 9.84 Å². The molecule has 0 bridgehead atoms. The molecule has 0 amide bonds. The molecule has 1 N–H and O–H groups in total. The normalized spacial score (nSPS) is 31.5. The molecule has 1 fully saturated rings. The highest BCUT2D eigenvalue weighted by molar-refractivity contribution is 5.75. The summed E-state index contributed by atoms with van der Waals surface area (Å²) in [5, 5.41) is 9.71. The number of fused-ring (bicyclic) bond motifs is 1. The van der Waals surface area contributed by atoms with Gasteiger partial charge in [0, 0.05) is 18.4 Å². The maximum Gasteiger partial charge on any atom is 0.309 e. The molecule has 2 aliphatic rings. The third kappa shape index (κ3) is 2.76. The number of carbonyl (C=O) groups is 1. The quantitative estimate of drug-likeness (QED) is 0.921. The predicted octanol–water partition coefficient (Wildman–Crippen LogP) is 3.80. The van der Waals surface area contributed by atoms with E-state index in [1.54, 1.807) is 6.07 Å². The molecular formula is C17H21FO3. The van der Waals surface area contributed by atoms with Crippen LogP contribution in [-0.4, -0.2) is 17.2 Å². The van der Waals surface area contributed by atoms with Crippen LogP contribution >= 0.6 is 0 Å².